The Morgan fingerprint density at radius 3 is 2.65 bits per heavy atom. The normalized spacial score (nSPS) is 17.9. The van der Waals surface area contributed by atoms with Gasteiger partial charge in [0.25, 0.3) is 0 Å². The van der Waals surface area contributed by atoms with Gasteiger partial charge in [0.2, 0.25) is 5.91 Å². The summed E-state index contributed by atoms with van der Waals surface area (Å²) >= 11 is 0. The number of aliphatic hydroxyl groups is 2. The van der Waals surface area contributed by atoms with Crippen LogP contribution in [0.4, 0.5) is 0 Å². The van der Waals surface area contributed by atoms with Gasteiger partial charge in [-0.05, 0) is 25.0 Å². The number of hydrogen-bond donors (Lipinski definition) is 2. The highest BCUT2D eigenvalue weighted by molar-refractivity contribution is 5.78. The van der Waals surface area contributed by atoms with E-state index in [1.807, 2.05) is 0 Å². The molecule has 1 aliphatic rings. The predicted molar refractivity (Wildman–Crippen MR) is 72.3 cm³/mol. The van der Waals surface area contributed by atoms with Gasteiger partial charge in [-0.1, -0.05) is 0 Å². The van der Waals surface area contributed by atoms with Crippen molar-refractivity contribution in [3.8, 4) is 5.75 Å². The Morgan fingerprint density at radius 1 is 1.45 bits per heavy atom. The lowest BCUT2D eigenvalue weighted by atomic mass is 9.92. The predicted octanol–water partition coefficient (Wildman–Crippen LogP) is -0.0215. The highest BCUT2D eigenvalue weighted by Gasteiger charge is 2.33. The van der Waals surface area contributed by atoms with Gasteiger partial charge >= 0.3 is 0 Å². The smallest absolute Gasteiger partial charge is 0.228 e. The first kappa shape index (κ1) is 14.7. The molecular formula is C14H20N2O4. The zero-order chi connectivity index (χ0) is 14.6. The lowest BCUT2D eigenvalue weighted by Crippen LogP contribution is -2.48. The van der Waals surface area contributed by atoms with E-state index < -0.39 is 5.60 Å². The lowest BCUT2D eigenvalue weighted by Gasteiger charge is -2.37. The molecule has 2 rings (SSSR count). The molecule has 0 radical (unpaired) electrons. The number of hydrogen-bond acceptors (Lipinski definition) is 5. The zero-order valence-corrected chi connectivity index (χ0v) is 11.6. The van der Waals surface area contributed by atoms with Crippen LogP contribution in [0.3, 0.4) is 0 Å². The number of aromatic nitrogens is 1. The van der Waals surface area contributed by atoms with Crippen molar-refractivity contribution in [3.63, 3.8) is 0 Å². The molecule has 1 saturated heterocycles. The molecule has 6 heteroatoms. The highest BCUT2D eigenvalue weighted by atomic mass is 16.5. The molecule has 1 fully saturated rings. The van der Waals surface area contributed by atoms with Gasteiger partial charge in [0.1, 0.15) is 5.75 Å². The van der Waals surface area contributed by atoms with E-state index in [9.17, 15) is 9.90 Å². The molecule has 0 bridgehead atoms. The minimum Gasteiger partial charge on any atom is -0.495 e. The van der Waals surface area contributed by atoms with Crippen LogP contribution in [0.5, 0.6) is 5.75 Å². The minimum atomic E-state index is -1.03. The van der Waals surface area contributed by atoms with Crippen LogP contribution in [-0.2, 0) is 11.2 Å². The summed E-state index contributed by atoms with van der Waals surface area (Å²) in [6, 6.07) is 3.54. The van der Waals surface area contributed by atoms with E-state index in [2.05, 4.69) is 4.98 Å². The molecule has 0 spiro atoms. The number of likely N-dealkylation sites (tertiary alicyclic amines) is 1. The van der Waals surface area contributed by atoms with Crippen molar-refractivity contribution in [1.29, 1.82) is 0 Å². The van der Waals surface area contributed by atoms with E-state index in [4.69, 9.17) is 9.84 Å². The van der Waals surface area contributed by atoms with Gasteiger partial charge in [0.15, 0.2) is 0 Å². The maximum Gasteiger partial charge on any atom is 0.228 e. The number of rotatable bonds is 4. The van der Waals surface area contributed by atoms with E-state index in [0.717, 1.165) is 0 Å². The Hall–Kier alpha value is -1.66. The summed E-state index contributed by atoms with van der Waals surface area (Å²) < 4.78 is 5.02. The van der Waals surface area contributed by atoms with Gasteiger partial charge in [-0.15, -0.1) is 0 Å². The van der Waals surface area contributed by atoms with Crippen LogP contribution in [0.15, 0.2) is 18.3 Å². The van der Waals surface area contributed by atoms with Gasteiger partial charge in [-0.25, -0.2) is 0 Å². The van der Waals surface area contributed by atoms with Crippen molar-refractivity contribution in [2.75, 3.05) is 26.8 Å². The molecule has 1 aromatic heterocycles. The molecule has 2 N–H and O–H groups in total. The van der Waals surface area contributed by atoms with Crippen molar-refractivity contribution < 1.29 is 19.7 Å². The largest absolute Gasteiger partial charge is 0.495 e. The highest BCUT2D eigenvalue weighted by Crippen LogP contribution is 2.22. The van der Waals surface area contributed by atoms with Crippen LogP contribution < -0.4 is 4.74 Å². The Morgan fingerprint density at radius 2 is 2.15 bits per heavy atom. The van der Waals surface area contributed by atoms with Crippen molar-refractivity contribution in [1.82, 2.24) is 9.88 Å². The van der Waals surface area contributed by atoms with E-state index in [-0.39, 0.29) is 18.9 Å². The van der Waals surface area contributed by atoms with Crippen molar-refractivity contribution in [3.05, 3.63) is 24.0 Å². The summed E-state index contributed by atoms with van der Waals surface area (Å²) in [7, 11) is 1.57. The first-order chi connectivity index (χ1) is 9.56. The fourth-order valence-electron chi connectivity index (χ4n) is 2.23. The SMILES string of the molecule is COc1ccc(CC(=O)N2CCC(O)(CO)CC2)nc1. The minimum absolute atomic E-state index is 0.0114. The second-order valence-corrected chi connectivity index (χ2v) is 5.13. The quantitative estimate of drug-likeness (QED) is 0.810. The lowest BCUT2D eigenvalue weighted by molar-refractivity contribution is -0.136. The Labute approximate surface area is 118 Å². The molecule has 0 aliphatic carbocycles. The number of piperidine rings is 1. The van der Waals surface area contributed by atoms with Gasteiger partial charge in [0.05, 0.1) is 31.9 Å². The third-order valence-electron chi connectivity index (χ3n) is 3.71. The van der Waals surface area contributed by atoms with Crippen molar-refractivity contribution in [2.45, 2.75) is 24.9 Å². The Kier molecular flexibility index (Phi) is 4.57. The number of aliphatic hydroxyl groups excluding tert-OH is 1. The third kappa shape index (κ3) is 3.46. The average Bonchev–Trinajstić information content (AvgIpc) is 2.48. The molecular weight excluding hydrogens is 260 g/mol. The maximum atomic E-state index is 12.1. The monoisotopic (exact) mass is 280 g/mol. The number of pyridine rings is 1. The standard InChI is InChI=1S/C14H20N2O4/c1-20-12-3-2-11(15-9-12)8-13(18)16-6-4-14(19,10-17)5-7-16/h2-3,9,17,19H,4-8,10H2,1H3. The number of ether oxygens (including phenoxy) is 1. The van der Waals surface area contributed by atoms with Gasteiger partial charge in [0, 0.05) is 18.8 Å². The van der Waals surface area contributed by atoms with Crippen LogP contribution in [0.2, 0.25) is 0 Å². The number of methoxy groups -OCH3 is 1. The molecule has 1 aromatic rings. The van der Waals surface area contributed by atoms with E-state index in [1.165, 1.54) is 0 Å². The van der Waals surface area contributed by atoms with Crippen LogP contribution in [0.25, 0.3) is 0 Å². The number of carbonyl (C=O) groups is 1. The molecule has 20 heavy (non-hydrogen) atoms. The molecule has 0 unspecified atom stereocenters. The Balaban J connectivity index is 1.89. The topological polar surface area (TPSA) is 82.9 Å². The van der Waals surface area contributed by atoms with E-state index in [0.29, 0.717) is 37.4 Å². The van der Waals surface area contributed by atoms with Crippen LogP contribution >= 0.6 is 0 Å². The summed E-state index contributed by atoms with van der Waals surface area (Å²) in [5.74, 6) is 0.648. The molecule has 110 valence electrons. The summed E-state index contributed by atoms with van der Waals surface area (Å²) in [6.45, 7) is 0.674. The summed E-state index contributed by atoms with van der Waals surface area (Å²) in [5, 5.41) is 19.0. The van der Waals surface area contributed by atoms with Crippen molar-refractivity contribution >= 4 is 5.91 Å². The molecule has 1 amide bonds. The number of amides is 1. The summed E-state index contributed by atoms with van der Waals surface area (Å²) in [5.41, 5.74) is -0.339. The molecule has 1 aliphatic heterocycles. The zero-order valence-electron chi connectivity index (χ0n) is 11.6. The van der Waals surface area contributed by atoms with Gasteiger partial charge < -0.3 is 19.8 Å². The van der Waals surface area contributed by atoms with Crippen molar-refractivity contribution in [2.24, 2.45) is 0 Å². The molecule has 0 aromatic carbocycles. The van der Waals surface area contributed by atoms with Crippen LogP contribution in [-0.4, -0.2) is 58.4 Å². The number of nitrogens with zero attached hydrogens (tertiary/aromatic N) is 2. The molecule has 0 atom stereocenters. The number of carbonyl (C=O) groups excluding carboxylic acids is 1. The summed E-state index contributed by atoms with van der Waals surface area (Å²) in [6.07, 6.45) is 2.64. The Bertz CT molecular complexity index is 453. The second-order valence-electron chi connectivity index (χ2n) is 5.13. The first-order valence-electron chi connectivity index (χ1n) is 6.66. The first-order valence-corrected chi connectivity index (χ1v) is 6.66. The molecule has 6 nitrogen and oxygen atoms in total. The van der Waals surface area contributed by atoms with Crippen LogP contribution in [0, 0.1) is 0 Å². The van der Waals surface area contributed by atoms with Gasteiger partial charge in [-0.3, -0.25) is 9.78 Å². The van der Waals surface area contributed by atoms with Crippen LogP contribution in [0.1, 0.15) is 18.5 Å². The third-order valence-corrected chi connectivity index (χ3v) is 3.71. The maximum absolute atomic E-state index is 12.1. The molecule has 2 heterocycles. The average molecular weight is 280 g/mol. The summed E-state index contributed by atoms with van der Waals surface area (Å²) in [4.78, 5) is 18.0. The van der Waals surface area contributed by atoms with E-state index >= 15 is 0 Å². The van der Waals surface area contributed by atoms with Gasteiger partial charge in [-0.2, -0.15) is 0 Å². The fourth-order valence-corrected chi connectivity index (χ4v) is 2.23. The second kappa shape index (κ2) is 6.19. The van der Waals surface area contributed by atoms with E-state index in [1.54, 1.807) is 30.3 Å². The molecule has 0 saturated carbocycles. The fraction of sp³-hybridized carbons (Fsp3) is 0.571.